The van der Waals surface area contributed by atoms with Gasteiger partial charge in [0, 0.05) is 10.8 Å². The molecule has 0 radical (unpaired) electrons. The van der Waals surface area contributed by atoms with Gasteiger partial charge < -0.3 is 0 Å². The number of hydrogen-bond donors (Lipinski definition) is 0. The van der Waals surface area contributed by atoms with E-state index in [-0.39, 0.29) is 5.78 Å². The van der Waals surface area contributed by atoms with Gasteiger partial charge in [0.15, 0.2) is 5.78 Å². The first-order chi connectivity index (χ1) is 8.27. The van der Waals surface area contributed by atoms with E-state index in [2.05, 4.69) is 0 Å². The lowest BCUT2D eigenvalue weighted by atomic mass is 10.2. The summed E-state index contributed by atoms with van der Waals surface area (Å²) in [6.07, 6.45) is 0. The summed E-state index contributed by atoms with van der Waals surface area (Å²) in [6.45, 7) is 0. The van der Waals surface area contributed by atoms with Crippen molar-refractivity contribution in [3.63, 3.8) is 0 Å². The van der Waals surface area contributed by atoms with Gasteiger partial charge in [-0.15, -0.1) is 23.1 Å². The van der Waals surface area contributed by atoms with Crippen molar-refractivity contribution in [2.24, 2.45) is 0 Å². The number of Topliss-reactive ketones (excluding diaryl/α,β-unsaturated/α-hetero) is 1. The Morgan fingerprint density at radius 2 is 2.06 bits per heavy atom. The highest BCUT2D eigenvalue weighted by atomic mass is 35.5. The molecule has 0 spiro atoms. The minimum atomic E-state index is 0.192. The molecule has 0 aliphatic rings. The van der Waals surface area contributed by atoms with Crippen molar-refractivity contribution in [3.05, 3.63) is 57.2 Å². The molecule has 0 saturated heterocycles. The smallest absolute Gasteiger partial charge is 0.182 e. The first-order valence-electron chi connectivity index (χ1n) is 5.15. The molecule has 4 heteroatoms. The summed E-state index contributed by atoms with van der Waals surface area (Å²) >= 11 is 9.13. The number of halogens is 1. The zero-order chi connectivity index (χ0) is 12.1. The Labute approximate surface area is 114 Å². The van der Waals surface area contributed by atoms with Gasteiger partial charge in [0.25, 0.3) is 0 Å². The lowest BCUT2D eigenvalue weighted by Crippen LogP contribution is -1.99. The van der Waals surface area contributed by atoms with Crippen LogP contribution in [0.15, 0.2) is 41.8 Å². The number of benzene rings is 1. The summed E-state index contributed by atoms with van der Waals surface area (Å²) in [7, 11) is 0. The minimum absolute atomic E-state index is 0.192. The maximum Gasteiger partial charge on any atom is 0.182 e. The van der Waals surface area contributed by atoms with E-state index in [1.165, 1.54) is 11.3 Å². The lowest BCUT2D eigenvalue weighted by molar-refractivity contribution is 0.102. The number of ketones is 1. The molecule has 0 aliphatic carbocycles. The van der Waals surface area contributed by atoms with Gasteiger partial charge in [-0.3, -0.25) is 4.79 Å². The van der Waals surface area contributed by atoms with Crippen LogP contribution in [0.4, 0.5) is 0 Å². The van der Waals surface area contributed by atoms with Crippen LogP contribution >= 0.6 is 34.7 Å². The Balaban J connectivity index is 1.84. The van der Waals surface area contributed by atoms with Crippen molar-refractivity contribution >= 4 is 40.5 Å². The zero-order valence-electron chi connectivity index (χ0n) is 9.06. The number of hydrogen-bond acceptors (Lipinski definition) is 3. The monoisotopic (exact) mass is 282 g/mol. The predicted molar refractivity (Wildman–Crippen MR) is 76.3 cm³/mol. The molecule has 88 valence electrons. The summed E-state index contributed by atoms with van der Waals surface area (Å²) in [6, 6.07) is 11.5. The summed E-state index contributed by atoms with van der Waals surface area (Å²) in [5, 5.41) is 2.69. The van der Waals surface area contributed by atoms with Gasteiger partial charge in [-0.05, 0) is 23.1 Å². The van der Waals surface area contributed by atoms with Crippen LogP contribution < -0.4 is 0 Å². The predicted octanol–water partition coefficient (Wildman–Crippen LogP) is 4.52. The molecule has 17 heavy (non-hydrogen) atoms. The summed E-state index contributed by atoms with van der Waals surface area (Å²) in [5.41, 5.74) is 1.08. The minimum Gasteiger partial charge on any atom is -0.292 e. The van der Waals surface area contributed by atoms with Gasteiger partial charge in [0.05, 0.1) is 10.6 Å². The van der Waals surface area contributed by atoms with Gasteiger partial charge in [-0.25, -0.2) is 0 Å². The van der Waals surface area contributed by atoms with Crippen molar-refractivity contribution in [2.75, 3.05) is 5.75 Å². The molecular formula is C13H11ClOS2. The Morgan fingerprint density at radius 1 is 1.24 bits per heavy atom. The second kappa shape index (κ2) is 6.24. The molecular weight excluding hydrogens is 272 g/mol. The van der Waals surface area contributed by atoms with E-state index in [0.717, 1.165) is 21.2 Å². The Hall–Kier alpha value is -0.770. The van der Waals surface area contributed by atoms with Crippen LogP contribution in [0, 0.1) is 0 Å². The third-order valence-electron chi connectivity index (χ3n) is 2.24. The van der Waals surface area contributed by atoms with Gasteiger partial charge in [-0.2, -0.15) is 0 Å². The van der Waals surface area contributed by atoms with Crippen molar-refractivity contribution in [1.82, 2.24) is 0 Å². The Kier molecular flexibility index (Phi) is 4.66. The molecule has 0 aliphatic heterocycles. The quantitative estimate of drug-likeness (QED) is 0.750. The number of carbonyl (C=O) groups is 1. The largest absolute Gasteiger partial charge is 0.292 e. The Morgan fingerprint density at radius 3 is 2.76 bits per heavy atom. The molecule has 1 heterocycles. The number of carbonyl (C=O) groups excluding carboxylic acids is 1. The molecule has 0 fully saturated rings. The second-order valence-corrected chi connectivity index (χ2v) is 5.83. The van der Waals surface area contributed by atoms with Crippen molar-refractivity contribution in [1.29, 1.82) is 0 Å². The van der Waals surface area contributed by atoms with Crippen molar-refractivity contribution in [3.8, 4) is 0 Å². The highest BCUT2D eigenvalue weighted by Crippen LogP contribution is 2.21. The van der Waals surface area contributed by atoms with Crippen LogP contribution in [0.2, 0.25) is 5.02 Å². The average molecular weight is 283 g/mol. The van der Waals surface area contributed by atoms with Crippen LogP contribution in [-0.2, 0) is 5.75 Å². The van der Waals surface area contributed by atoms with Crippen LogP contribution in [0.1, 0.15) is 15.2 Å². The highest BCUT2D eigenvalue weighted by Gasteiger charge is 2.07. The summed E-state index contributed by atoms with van der Waals surface area (Å²) in [5.74, 6) is 1.47. The van der Waals surface area contributed by atoms with Crippen molar-refractivity contribution in [2.45, 2.75) is 5.75 Å². The van der Waals surface area contributed by atoms with E-state index in [9.17, 15) is 4.79 Å². The van der Waals surface area contributed by atoms with Gasteiger partial charge in [0.1, 0.15) is 0 Å². The molecule has 0 bridgehead atoms. The fourth-order valence-electron chi connectivity index (χ4n) is 1.38. The first-order valence-corrected chi connectivity index (χ1v) is 7.56. The van der Waals surface area contributed by atoms with Gasteiger partial charge in [-0.1, -0.05) is 35.9 Å². The van der Waals surface area contributed by atoms with E-state index in [1.807, 2.05) is 41.8 Å². The summed E-state index contributed by atoms with van der Waals surface area (Å²) < 4.78 is 0. The number of thiophene rings is 1. The van der Waals surface area contributed by atoms with E-state index in [0.29, 0.717) is 5.75 Å². The van der Waals surface area contributed by atoms with E-state index < -0.39 is 0 Å². The van der Waals surface area contributed by atoms with Crippen LogP contribution in [0.5, 0.6) is 0 Å². The van der Waals surface area contributed by atoms with E-state index >= 15 is 0 Å². The molecule has 0 amide bonds. The van der Waals surface area contributed by atoms with Crippen LogP contribution in [0.3, 0.4) is 0 Å². The lowest BCUT2D eigenvalue weighted by Gasteiger charge is -2.02. The maximum atomic E-state index is 11.7. The molecule has 1 aromatic heterocycles. The zero-order valence-corrected chi connectivity index (χ0v) is 11.4. The highest BCUT2D eigenvalue weighted by molar-refractivity contribution is 7.99. The van der Waals surface area contributed by atoms with Gasteiger partial charge in [0.2, 0.25) is 0 Å². The third kappa shape index (κ3) is 3.60. The number of thioether (sulfide) groups is 1. The molecule has 1 aromatic carbocycles. The second-order valence-electron chi connectivity index (χ2n) is 3.48. The molecule has 0 unspecified atom stereocenters. The van der Waals surface area contributed by atoms with Crippen LogP contribution in [-0.4, -0.2) is 11.5 Å². The van der Waals surface area contributed by atoms with Gasteiger partial charge >= 0.3 is 0 Å². The third-order valence-corrected chi connectivity index (χ3v) is 4.51. The normalized spacial score (nSPS) is 10.4. The molecule has 2 rings (SSSR count). The fourth-order valence-corrected chi connectivity index (χ4v) is 3.33. The molecule has 0 atom stereocenters. The SMILES string of the molecule is O=C(CSCc1ccccc1Cl)c1cccs1. The topological polar surface area (TPSA) is 17.1 Å². The molecule has 0 N–H and O–H groups in total. The average Bonchev–Trinajstić information content (AvgIpc) is 2.85. The van der Waals surface area contributed by atoms with E-state index in [1.54, 1.807) is 11.8 Å². The van der Waals surface area contributed by atoms with Crippen molar-refractivity contribution < 1.29 is 4.79 Å². The fraction of sp³-hybridized carbons (Fsp3) is 0.154. The van der Waals surface area contributed by atoms with E-state index in [4.69, 9.17) is 11.6 Å². The standard InChI is InChI=1S/C13H11ClOS2/c14-11-5-2-1-4-10(11)8-16-9-12(15)13-6-3-7-17-13/h1-7H,8-9H2. The molecule has 0 saturated carbocycles. The molecule has 1 nitrogen and oxygen atoms in total. The number of rotatable bonds is 5. The Bertz CT molecular complexity index is 494. The maximum absolute atomic E-state index is 11.7. The summed E-state index contributed by atoms with van der Waals surface area (Å²) in [4.78, 5) is 12.6. The van der Waals surface area contributed by atoms with Crippen LogP contribution in [0.25, 0.3) is 0 Å². The first kappa shape index (κ1) is 12.7. The molecule has 2 aromatic rings.